The minimum atomic E-state index is -0.495. The first-order valence-electron chi connectivity index (χ1n) is 24.2. The van der Waals surface area contributed by atoms with Crippen LogP contribution >= 0.6 is 34.8 Å². The van der Waals surface area contributed by atoms with Gasteiger partial charge in [0.1, 0.15) is 21.7 Å². The molecule has 77 heavy (non-hydrogen) atoms. The number of ether oxygens (including phenoxy) is 1. The van der Waals surface area contributed by atoms with E-state index in [9.17, 15) is 19.2 Å². The molecular weight excluding hydrogens is 1050 g/mol. The molecule has 0 radical (unpaired) electrons. The fourth-order valence-corrected chi connectivity index (χ4v) is 6.25. The number of carbonyl (C=O) groups excluding carboxylic acids is 1. The monoisotopic (exact) mass is 1140 g/mol. The van der Waals surface area contributed by atoms with Crippen molar-refractivity contribution in [2.45, 2.75) is 188 Å². The van der Waals surface area contributed by atoms with Gasteiger partial charge in [0.05, 0.1) is 17.6 Å². The number of amidine groups is 1. The summed E-state index contributed by atoms with van der Waals surface area (Å²) in [6.45, 7) is 59.0. The summed E-state index contributed by atoms with van der Waals surface area (Å²) in [7, 11) is 1.40. The van der Waals surface area contributed by atoms with Crippen molar-refractivity contribution in [2.24, 2.45) is 36.7 Å². The lowest BCUT2D eigenvalue weighted by molar-refractivity contribution is -0.149. The molecule has 0 bridgehead atoms. The van der Waals surface area contributed by atoms with Crippen molar-refractivity contribution in [3.8, 4) is 0 Å². The van der Waals surface area contributed by atoms with Crippen LogP contribution in [0, 0.1) is 21.7 Å². The topological polar surface area (TPSA) is 323 Å². The smallest absolute Gasteiger partial charge is 0.434 e. The molecule has 3 aliphatic heterocycles. The van der Waals surface area contributed by atoms with E-state index >= 15 is 0 Å². The lowest BCUT2D eigenvalue weighted by Gasteiger charge is -2.16. The van der Waals surface area contributed by atoms with Crippen molar-refractivity contribution >= 4 is 57.6 Å². The Balaban J connectivity index is 0.000000858. The Kier molecular flexibility index (Phi) is 26.6. The maximum Gasteiger partial charge on any atom is 0.434 e. The van der Waals surface area contributed by atoms with Crippen molar-refractivity contribution in [3.63, 3.8) is 0 Å². The molecule has 0 spiro atoms. The number of carbonyl (C=O) groups is 1. The van der Waals surface area contributed by atoms with Crippen LogP contribution in [0.4, 0.5) is 0 Å². The first-order chi connectivity index (χ1) is 34.6. The van der Waals surface area contributed by atoms with Crippen LogP contribution in [0.3, 0.4) is 0 Å². The fourth-order valence-electron chi connectivity index (χ4n) is 4.23. The molecular formula is C50H88N16O8S3. The van der Waals surface area contributed by atoms with E-state index in [2.05, 4.69) is 147 Å². The van der Waals surface area contributed by atoms with E-state index in [4.69, 9.17) is 14.1 Å². The molecule has 7 rings (SSSR count). The molecule has 0 aromatic carbocycles. The number of H-pyrrole nitrogens is 4. The van der Waals surface area contributed by atoms with Crippen LogP contribution in [-0.4, -0.2) is 79.4 Å². The highest BCUT2D eigenvalue weighted by Crippen LogP contribution is 2.31. The van der Waals surface area contributed by atoms with Gasteiger partial charge in [-0.25, -0.2) is 25.6 Å². The fraction of sp³-hybridized carbons (Fsp3) is 0.660. The van der Waals surface area contributed by atoms with Crippen molar-refractivity contribution in [2.75, 3.05) is 7.11 Å². The lowest BCUT2D eigenvalue weighted by atomic mass is 9.95. The molecule has 434 valence electrons. The number of nitrogens with one attached hydrogen (secondary N) is 7. The van der Waals surface area contributed by atoms with Gasteiger partial charge < -0.3 is 18.8 Å². The number of thioether (sulfide) groups is 1. The predicted molar refractivity (Wildman–Crippen MR) is 310 cm³/mol. The number of esters is 1. The van der Waals surface area contributed by atoms with E-state index in [-0.39, 0.29) is 59.9 Å². The Labute approximate surface area is 466 Å². The highest BCUT2D eigenvalue weighted by atomic mass is 32.2. The van der Waals surface area contributed by atoms with Crippen molar-refractivity contribution in [1.29, 1.82) is 0 Å². The van der Waals surface area contributed by atoms with Crippen LogP contribution in [0.25, 0.3) is 0 Å². The minimum absolute atomic E-state index is 0.00694. The Morgan fingerprint density at radius 3 is 1.43 bits per heavy atom. The van der Waals surface area contributed by atoms with Crippen LogP contribution < -0.4 is 32.7 Å². The van der Waals surface area contributed by atoms with Gasteiger partial charge in [-0.05, 0) is 38.9 Å². The maximum absolute atomic E-state index is 10.6. The molecule has 0 unspecified atom stereocenters. The van der Waals surface area contributed by atoms with Crippen LogP contribution in [0.5, 0.6) is 0 Å². The summed E-state index contributed by atoms with van der Waals surface area (Å²) in [5.74, 6) is 3.83. The number of hydrazone groups is 1. The third-order valence-corrected chi connectivity index (χ3v) is 11.6. The summed E-state index contributed by atoms with van der Waals surface area (Å²) in [6, 6.07) is 0. The largest absolute Gasteiger partial charge is 0.469 e. The molecule has 3 aliphatic rings. The van der Waals surface area contributed by atoms with Gasteiger partial charge in [-0.3, -0.25) is 24.4 Å². The second-order valence-corrected chi connectivity index (χ2v) is 27.8. The van der Waals surface area contributed by atoms with Crippen LogP contribution in [0.1, 0.15) is 189 Å². The van der Waals surface area contributed by atoms with E-state index in [1.165, 1.54) is 18.6 Å². The van der Waals surface area contributed by atoms with Gasteiger partial charge in [0.15, 0.2) is 11.6 Å². The van der Waals surface area contributed by atoms with Gasteiger partial charge >= 0.3 is 22.3 Å². The SMILES string of the molecule is C=C1N=C(C(C)(C)C)NO1.C=C1N=C(C(C)(C)C)ON1.C=C1NN=C(C(C)(C)C)S1.CC(C)(C)c1n[nH]c(=O)o1.CC(C)(C)c1nc(=O)[nH]s1.CC(C)(C)c1nn[nH]n1.CC(C)(C)c1nsc(=O)[nH]1.COC(=O)C(C)(C)C. The van der Waals surface area contributed by atoms with Gasteiger partial charge in [0, 0.05) is 49.4 Å². The number of tetrazole rings is 1. The number of rotatable bonds is 0. The van der Waals surface area contributed by atoms with E-state index in [1.54, 1.807) is 11.8 Å². The molecule has 0 aliphatic carbocycles. The van der Waals surface area contributed by atoms with Crippen LogP contribution in [-0.2, 0) is 40.9 Å². The minimum Gasteiger partial charge on any atom is -0.469 e. The highest BCUT2D eigenvalue weighted by molar-refractivity contribution is 8.17. The number of aliphatic imine (C=N–C) groups is 2. The molecule has 0 atom stereocenters. The molecule has 0 amide bonds. The quantitative estimate of drug-likeness (QED) is 0.0805. The number of methoxy groups -OCH3 is 1. The van der Waals surface area contributed by atoms with Gasteiger partial charge in [-0.1, -0.05) is 176 Å². The molecule has 4 aromatic rings. The predicted octanol–water partition coefficient (Wildman–Crippen LogP) is 9.65. The van der Waals surface area contributed by atoms with E-state index in [0.717, 1.165) is 44.1 Å². The zero-order chi connectivity index (χ0) is 60.3. The van der Waals surface area contributed by atoms with Crippen molar-refractivity contribution < 1.29 is 23.6 Å². The summed E-state index contributed by atoms with van der Waals surface area (Å²) < 4.78 is 15.7. The summed E-state index contributed by atoms with van der Waals surface area (Å²) in [6.07, 6.45) is 0. The van der Waals surface area contributed by atoms with Gasteiger partial charge in [-0.15, -0.1) is 15.3 Å². The number of hydroxylamine groups is 2. The summed E-state index contributed by atoms with van der Waals surface area (Å²) in [5.41, 5.74) is 7.40. The standard InChI is InChI=1S/2C7H12N2O.C7H12N2S.C6H10N2O2.2C6H10N2OS.C6H12O2.C5H10N4/c1-5-8-6(9-10-5)7(2,3)4;1-5-8-6(10-9-5)7(2,3)4;1-5-8-9-6(10-5)7(2,3)4;1-6(2,3)4-7-8-5(9)10-4;1-6(2,3)4-7-5(9)8-10-4;1-6(2,3)4-7-5(9)10-8-4;1-6(2,3)5(7)8-4;1-5(2,3)4-6-8-9-7-4/h1H2,2-4H3,(H,8,9);9H,1H2,2-4H3;8H,1H2,2-4H3;2*1-3H3,(H,8,9);1-3H3,(H,7,8,9);1-4H3;1-3H3,(H,6,7,8,9). The average Bonchev–Trinajstić information content (AvgIpc) is 4.10. The lowest BCUT2D eigenvalue weighted by Crippen LogP contribution is -2.30. The summed E-state index contributed by atoms with van der Waals surface area (Å²) in [4.78, 5) is 66.6. The summed E-state index contributed by atoms with van der Waals surface area (Å²) in [5, 5.41) is 26.4. The van der Waals surface area contributed by atoms with Crippen molar-refractivity contribution in [3.05, 3.63) is 89.7 Å². The molecule has 7 heterocycles. The van der Waals surface area contributed by atoms with Gasteiger partial charge in [-0.2, -0.15) is 29.7 Å². The Morgan fingerprint density at radius 1 is 0.662 bits per heavy atom. The zero-order valence-corrected chi connectivity index (χ0v) is 52.6. The van der Waals surface area contributed by atoms with E-state index < -0.39 is 5.76 Å². The third-order valence-electron chi connectivity index (χ3n) is 8.62. The molecule has 27 heteroatoms. The molecule has 0 fully saturated rings. The zero-order valence-electron chi connectivity index (χ0n) is 50.1. The average molecular weight is 1140 g/mol. The number of hydrogen-bond donors (Lipinski definition) is 7. The Hall–Kier alpha value is -6.22. The summed E-state index contributed by atoms with van der Waals surface area (Å²) >= 11 is 3.89. The second kappa shape index (κ2) is 29.0. The van der Waals surface area contributed by atoms with Gasteiger partial charge in [0.25, 0.3) is 0 Å². The van der Waals surface area contributed by atoms with Gasteiger partial charge in [0.2, 0.25) is 17.7 Å². The van der Waals surface area contributed by atoms with Crippen LogP contribution in [0.2, 0.25) is 0 Å². The highest BCUT2D eigenvalue weighted by Gasteiger charge is 2.27. The third kappa shape index (κ3) is 29.2. The molecule has 7 N–H and O–H groups in total. The number of aromatic nitrogens is 10. The Morgan fingerprint density at radius 2 is 1.25 bits per heavy atom. The maximum atomic E-state index is 10.6. The van der Waals surface area contributed by atoms with E-state index in [1.807, 2.05) is 125 Å². The Bertz CT molecular complexity index is 2570. The molecule has 24 nitrogen and oxygen atoms in total. The van der Waals surface area contributed by atoms with E-state index in [0.29, 0.717) is 23.5 Å². The number of nitrogens with zero attached hydrogens (tertiary/aromatic N) is 9. The molecule has 4 aromatic heterocycles. The number of hydrogen-bond acceptors (Lipinski definition) is 23. The number of aromatic amines is 4. The van der Waals surface area contributed by atoms with Crippen molar-refractivity contribution in [1.82, 2.24) is 65.9 Å². The molecule has 0 saturated carbocycles. The normalized spacial score (nSPS) is 14.2. The van der Waals surface area contributed by atoms with Crippen LogP contribution in [0.15, 0.2) is 70.4 Å². The first kappa shape index (κ1) is 70.8. The first-order valence-corrected chi connectivity index (χ1v) is 26.6. The molecule has 0 saturated heterocycles. The second-order valence-electron chi connectivity index (χ2n) is 25.2.